The summed E-state index contributed by atoms with van der Waals surface area (Å²) in [6.07, 6.45) is 3.43. The highest BCUT2D eigenvalue weighted by Gasteiger charge is 2.34. The normalized spacial score (nSPS) is 26.2. The molecular weight excluding hydrogens is 276 g/mol. The van der Waals surface area contributed by atoms with Gasteiger partial charge in [0.1, 0.15) is 5.75 Å². The Balaban J connectivity index is 2.21. The van der Waals surface area contributed by atoms with E-state index in [-0.39, 0.29) is 11.8 Å². The highest BCUT2D eigenvalue weighted by atomic mass is 35.5. The molecule has 1 N–H and O–H groups in total. The second-order valence-corrected chi connectivity index (χ2v) is 6.22. The van der Waals surface area contributed by atoms with Crippen LogP contribution >= 0.6 is 11.6 Å². The molecule has 0 radical (unpaired) electrons. The number of halogens is 1. The third-order valence-corrected chi connectivity index (χ3v) is 4.52. The molecule has 0 spiro atoms. The van der Waals surface area contributed by atoms with Gasteiger partial charge in [0.15, 0.2) is 0 Å². The van der Waals surface area contributed by atoms with Gasteiger partial charge in [0, 0.05) is 5.02 Å². The lowest BCUT2D eigenvalue weighted by molar-refractivity contribution is -0.145. The largest absolute Gasteiger partial charge is 0.496 e. The molecule has 20 heavy (non-hydrogen) atoms. The fourth-order valence-corrected chi connectivity index (χ4v) is 3.43. The first-order chi connectivity index (χ1) is 9.51. The Bertz CT molecular complexity index is 487. The first kappa shape index (κ1) is 15.2. The van der Waals surface area contributed by atoms with Gasteiger partial charge in [0.25, 0.3) is 0 Å². The van der Waals surface area contributed by atoms with Gasteiger partial charge in [0.05, 0.1) is 13.0 Å². The maximum absolute atomic E-state index is 11.4. The quantitative estimate of drug-likeness (QED) is 0.912. The fourth-order valence-electron chi connectivity index (χ4n) is 3.24. The van der Waals surface area contributed by atoms with Gasteiger partial charge in [-0.2, -0.15) is 0 Å². The van der Waals surface area contributed by atoms with Gasteiger partial charge >= 0.3 is 5.97 Å². The standard InChI is InChI=1S/C16H21ClO3/c1-10-3-5-14(16(18)19)11(7-10)8-12-9-13(17)4-6-15(12)20-2/h4,6,9-11,14H,3,5,7-8H2,1-2H3,(H,18,19). The van der Waals surface area contributed by atoms with Gasteiger partial charge in [-0.3, -0.25) is 4.79 Å². The molecule has 2 rings (SSSR count). The van der Waals surface area contributed by atoms with Gasteiger partial charge in [-0.15, -0.1) is 0 Å². The van der Waals surface area contributed by atoms with Crippen LogP contribution < -0.4 is 4.74 Å². The minimum absolute atomic E-state index is 0.156. The van der Waals surface area contributed by atoms with Gasteiger partial charge < -0.3 is 9.84 Å². The number of methoxy groups -OCH3 is 1. The third-order valence-electron chi connectivity index (χ3n) is 4.29. The van der Waals surface area contributed by atoms with Crippen molar-refractivity contribution < 1.29 is 14.6 Å². The van der Waals surface area contributed by atoms with E-state index in [0.29, 0.717) is 17.4 Å². The Morgan fingerprint density at radius 2 is 2.20 bits per heavy atom. The van der Waals surface area contributed by atoms with Crippen LogP contribution in [0.25, 0.3) is 0 Å². The highest BCUT2D eigenvalue weighted by molar-refractivity contribution is 6.30. The molecule has 0 aromatic heterocycles. The Labute approximate surface area is 124 Å². The molecule has 1 fully saturated rings. The number of rotatable bonds is 4. The summed E-state index contributed by atoms with van der Waals surface area (Å²) in [6.45, 7) is 2.19. The van der Waals surface area contributed by atoms with Crippen LogP contribution in [-0.4, -0.2) is 18.2 Å². The van der Waals surface area contributed by atoms with E-state index in [0.717, 1.165) is 30.6 Å². The number of ether oxygens (including phenoxy) is 1. The molecule has 3 atom stereocenters. The smallest absolute Gasteiger partial charge is 0.306 e. The minimum Gasteiger partial charge on any atom is -0.496 e. The zero-order chi connectivity index (χ0) is 14.7. The molecule has 1 aliphatic carbocycles. The third kappa shape index (κ3) is 3.45. The minimum atomic E-state index is -0.678. The summed E-state index contributed by atoms with van der Waals surface area (Å²) in [5, 5.41) is 10.1. The molecule has 0 aliphatic heterocycles. The molecule has 0 amide bonds. The summed E-state index contributed by atoms with van der Waals surface area (Å²) in [4.78, 5) is 11.4. The van der Waals surface area contributed by atoms with Crippen molar-refractivity contribution in [3.63, 3.8) is 0 Å². The maximum atomic E-state index is 11.4. The van der Waals surface area contributed by atoms with Gasteiger partial charge in [0.2, 0.25) is 0 Å². The zero-order valence-electron chi connectivity index (χ0n) is 11.9. The summed E-state index contributed by atoms with van der Waals surface area (Å²) < 4.78 is 5.36. The molecule has 1 aromatic carbocycles. The van der Waals surface area contributed by atoms with Crippen LogP contribution in [0.5, 0.6) is 5.75 Å². The predicted octanol–water partition coefficient (Wildman–Crippen LogP) is 4.03. The van der Waals surface area contributed by atoms with Gasteiger partial charge in [-0.05, 0) is 61.3 Å². The van der Waals surface area contributed by atoms with Crippen LogP contribution in [0.3, 0.4) is 0 Å². The Morgan fingerprint density at radius 3 is 2.85 bits per heavy atom. The monoisotopic (exact) mass is 296 g/mol. The fraction of sp³-hybridized carbons (Fsp3) is 0.562. The van der Waals surface area contributed by atoms with E-state index in [1.54, 1.807) is 13.2 Å². The van der Waals surface area contributed by atoms with Gasteiger partial charge in [-0.25, -0.2) is 0 Å². The van der Waals surface area contributed by atoms with Crippen molar-refractivity contribution in [1.82, 2.24) is 0 Å². The van der Waals surface area contributed by atoms with Crippen LogP contribution in [0.4, 0.5) is 0 Å². The Hall–Kier alpha value is -1.22. The molecule has 110 valence electrons. The molecule has 0 heterocycles. The number of hydrogen-bond acceptors (Lipinski definition) is 2. The van der Waals surface area contributed by atoms with Gasteiger partial charge in [-0.1, -0.05) is 18.5 Å². The molecule has 0 saturated heterocycles. The Morgan fingerprint density at radius 1 is 1.45 bits per heavy atom. The summed E-state index contributed by atoms with van der Waals surface area (Å²) in [6, 6.07) is 5.53. The highest BCUT2D eigenvalue weighted by Crippen LogP contribution is 2.38. The van der Waals surface area contributed by atoms with E-state index >= 15 is 0 Å². The molecule has 1 aromatic rings. The first-order valence-corrected chi connectivity index (χ1v) is 7.44. The van der Waals surface area contributed by atoms with Crippen molar-refractivity contribution in [3.8, 4) is 5.75 Å². The number of hydrogen-bond donors (Lipinski definition) is 1. The molecule has 4 heteroatoms. The topological polar surface area (TPSA) is 46.5 Å². The van der Waals surface area contributed by atoms with E-state index in [9.17, 15) is 9.90 Å². The van der Waals surface area contributed by atoms with Crippen molar-refractivity contribution in [2.45, 2.75) is 32.6 Å². The lowest BCUT2D eigenvalue weighted by Gasteiger charge is -2.32. The van der Waals surface area contributed by atoms with E-state index in [4.69, 9.17) is 16.3 Å². The average molecular weight is 297 g/mol. The SMILES string of the molecule is COc1ccc(Cl)cc1CC1CC(C)CCC1C(=O)O. The van der Waals surface area contributed by atoms with Crippen LogP contribution in [0.1, 0.15) is 31.7 Å². The first-order valence-electron chi connectivity index (χ1n) is 7.06. The van der Waals surface area contributed by atoms with Crippen LogP contribution in [0.2, 0.25) is 5.02 Å². The van der Waals surface area contributed by atoms with E-state index < -0.39 is 5.97 Å². The van der Waals surface area contributed by atoms with Crippen molar-refractivity contribution in [2.75, 3.05) is 7.11 Å². The molecular formula is C16H21ClO3. The van der Waals surface area contributed by atoms with E-state index in [2.05, 4.69) is 6.92 Å². The molecule has 1 saturated carbocycles. The zero-order valence-corrected chi connectivity index (χ0v) is 12.7. The van der Waals surface area contributed by atoms with Crippen molar-refractivity contribution >= 4 is 17.6 Å². The maximum Gasteiger partial charge on any atom is 0.306 e. The summed E-state index contributed by atoms with van der Waals surface area (Å²) in [5.74, 6) is 0.596. The molecule has 3 nitrogen and oxygen atoms in total. The molecule has 3 unspecified atom stereocenters. The number of benzene rings is 1. The average Bonchev–Trinajstić information content (AvgIpc) is 2.38. The summed E-state index contributed by atoms with van der Waals surface area (Å²) in [5.41, 5.74) is 1.00. The lowest BCUT2D eigenvalue weighted by atomic mass is 9.72. The van der Waals surface area contributed by atoms with Crippen molar-refractivity contribution in [3.05, 3.63) is 28.8 Å². The number of carboxylic acids is 1. The number of carboxylic acid groups (broad SMARTS) is 1. The number of aliphatic carboxylic acids is 1. The molecule has 1 aliphatic rings. The van der Waals surface area contributed by atoms with Crippen molar-refractivity contribution in [1.29, 1.82) is 0 Å². The number of carbonyl (C=O) groups is 1. The van der Waals surface area contributed by atoms with Crippen LogP contribution in [0.15, 0.2) is 18.2 Å². The second kappa shape index (κ2) is 6.49. The predicted molar refractivity (Wildman–Crippen MR) is 79.3 cm³/mol. The second-order valence-electron chi connectivity index (χ2n) is 5.78. The van der Waals surface area contributed by atoms with E-state index in [1.165, 1.54) is 0 Å². The summed E-state index contributed by atoms with van der Waals surface area (Å²) in [7, 11) is 1.63. The van der Waals surface area contributed by atoms with Crippen LogP contribution in [-0.2, 0) is 11.2 Å². The van der Waals surface area contributed by atoms with Crippen LogP contribution in [0, 0.1) is 17.8 Å². The van der Waals surface area contributed by atoms with E-state index in [1.807, 2.05) is 12.1 Å². The summed E-state index contributed by atoms with van der Waals surface area (Å²) >= 11 is 6.05. The Kier molecular flexibility index (Phi) is 4.92. The van der Waals surface area contributed by atoms with Crippen molar-refractivity contribution in [2.24, 2.45) is 17.8 Å². The lowest BCUT2D eigenvalue weighted by Crippen LogP contribution is -2.31. The molecule has 0 bridgehead atoms.